The first kappa shape index (κ1) is 13.3. The van der Waals surface area contributed by atoms with E-state index < -0.39 is 0 Å². The molecule has 0 aliphatic rings. The van der Waals surface area contributed by atoms with Gasteiger partial charge in [-0.05, 0) is 46.2 Å². The van der Waals surface area contributed by atoms with E-state index in [2.05, 4.69) is 36.4 Å². The molecule has 0 amide bonds. The zero-order chi connectivity index (χ0) is 13.1. The zero-order valence-electron chi connectivity index (χ0n) is 10.5. The Labute approximate surface area is 121 Å². The molecule has 0 saturated carbocycles. The molecule has 92 valence electrons. The van der Waals surface area contributed by atoms with Crippen LogP contribution in [0.5, 0.6) is 0 Å². The number of benzene rings is 2. The lowest BCUT2D eigenvalue weighted by molar-refractivity contribution is 0.103. The number of carbonyl (C=O) groups excluding carboxylic acids is 1. The molecule has 0 heterocycles. The highest BCUT2D eigenvalue weighted by molar-refractivity contribution is 14.1. The van der Waals surface area contributed by atoms with Gasteiger partial charge in [-0.25, -0.2) is 0 Å². The lowest BCUT2D eigenvalue weighted by atomic mass is 9.98. The Morgan fingerprint density at radius 3 is 2.17 bits per heavy atom. The van der Waals surface area contributed by atoms with Crippen LogP contribution in [0.2, 0.25) is 0 Å². The van der Waals surface area contributed by atoms with E-state index in [9.17, 15) is 4.79 Å². The van der Waals surface area contributed by atoms with Crippen LogP contribution in [0.3, 0.4) is 0 Å². The molecule has 0 aliphatic carbocycles. The molecule has 0 fully saturated rings. The molecule has 0 radical (unpaired) electrons. The zero-order valence-corrected chi connectivity index (χ0v) is 12.6. The topological polar surface area (TPSA) is 17.1 Å². The summed E-state index contributed by atoms with van der Waals surface area (Å²) in [5.74, 6) is 0.585. The highest BCUT2D eigenvalue weighted by atomic mass is 127. The quantitative estimate of drug-likeness (QED) is 0.582. The maximum Gasteiger partial charge on any atom is 0.194 e. The second kappa shape index (κ2) is 5.65. The van der Waals surface area contributed by atoms with Crippen LogP contribution in [0.4, 0.5) is 0 Å². The van der Waals surface area contributed by atoms with E-state index in [0.717, 1.165) is 14.7 Å². The fourth-order valence-corrected chi connectivity index (χ4v) is 2.45. The number of hydrogen-bond acceptors (Lipinski definition) is 1. The summed E-state index contributed by atoms with van der Waals surface area (Å²) in [5, 5.41) is 0. The molecule has 0 atom stereocenters. The lowest BCUT2D eigenvalue weighted by Gasteiger charge is -2.07. The number of halogens is 1. The Morgan fingerprint density at radius 1 is 1.00 bits per heavy atom. The van der Waals surface area contributed by atoms with E-state index in [1.54, 1.807) is 0 Å². The third-order valence-corrected chi connectivity index (χ3v) is 3.90. The minimum absolute atomic E-state index is 0.0929. The van der Waals surface area contributed by atoms with E-state index in [4.69, 9.17) is 0 Å². The predicted molar refractivity (Wildman–Crippen MR) is 83.1 cm³/mol. The maximum absolute atomic E-state index is 12.3. The van der Waals surface area contributed by atoms with Crippen LogP contribution in [0.25, 0.3) is 0 Å². The van der Waals surface area contributed by atoms with Crippen LogP contribution in [-0.4, -0.2) is 5.78 Å². The standard InChI is InChI=1S/C16H15IO/c1-11(2)12-7-9-13(10-8-12)16(18)14-5-3-4-6-15(14)17/h3-11H,1-2H3. The van der Waals surface area contributed by atoms with E-state index in [-0.39, 0.29) is 5.78 Å². The van der Waals surface area contributed by atoms with Crippen LogP contribution in [0, 0.1) is 3.57 Å². The van der Waals surface area contributed by atoms with Crippen molar-refractivity contribution in [1.29, 1.82) is 0 Å². The highest BCUT2D eigenvalue weighted by Gasteiger charge is 2.11. The average molecular weight is 350 g/mol. The molecule has 18 heavy (non-hydrogen) atoms. The SMILES string of the molecule is CC(C)c1ccc(C(=O)c2ccccc2I)cc1. The van der Waals surface area contributed by atoms with Crippen LogP contribution < -0.4 is 0 Å². The van der Waals surface area contributed by atoms with Gasteiger partial charge in [-0.15, -0.1) is 0 Å². The fourth-order valence-electron chi connectivity index (χ4n) is 1.82. The molecule has 2 heteroatoms. The minimum Gasteiger partial charge on any atom is -0.289 e. The summed E-state index contributed by atoms with van der Waals surface area (Å²) in [6, 6.07) is 15.6. The van der Waals surface area contributed by atoms with Gasteiger partial charge in [0.05, 0.1) is 0 Å². The van der Waals surface area contributed by atoms with E-state index in [1.807, 2.05) is 48.5 Å². The fraction of sp³-hybridized carbons (Fsp3) is 0.188. The molecule has 0 unspecified atom stereocenters. The number of hydrogen-bond donors (Lipinski definition) is 0. The minimum atomic E-state index is 0.0929. The van der Waals surface area contributed by atoms with Gasteiger partial charge in [0.25, 0.3) is 0 Å². The van der Waals surface area contributed by atoms with Gasteiger partial charge in [0.1, 0.15) is 0 Å². The summed E-state index contributed by atoms with van der Waals surface area (Å²) in [6.45, 7) is 4.30. The molecule has 0 N–H and O–H groups in total. The number of ketones is 1. The van der Waals surface area contributed by atoms with Gasteiger partial charge in [-0.3, -0.25) is 4.79 Å². The normalized spacial score (nSPS) is 10.7. The predicted octanol–water partition coefficient (Wildman–Crippen LogP) is 4.65. The molecule has 0 aromatic heterocycles. The number of rotatable bonds is 3. The maximum atomic E-state index is 12.3. The molecule has 0 spiro atoms. The number of carbonyl (C=O) groups is 1. The third kappa shape index (κ3) is 2.80. The van der Waals surface area contributed by atoms with Gasteiger partial charge in [-0.1, -0.05) is 50.2 Å². The Balaban J connectivity index is 2.32. The summed E-state index contributed by atoms with van der Waals surface area (Å²) in [6.07, 6.45) is 0. The van der Waals surface area contributed by atoms with Crippen molar-refractivity contribution >= 4 is 28.4 Å². The van der Waals surface area contributed by atoms with Crippen LogP contribution in [0.1, 0.15) is 41.3 Å². The Kier molecular flexibility index (Phi) is 4.17. The van der Waals surface area contributed by atoms with Gasteiger partial charge < -0.3 is 0 Å². The smallest absolute Gasteiger partial charge is 0.194 e. The van der Waals surface area contributed by atoms with E-state index >= 15 is 0 Å². The van der Waals surface area contributed by atoms with Crippen molar-refractivity contribution in [1.82, 2.24) is 0 Å². The summed E-state index contributed by atoms with van der Waals surface area (Å²) < 4.78 is 0.994. The van der Waals surface area contributed by atoms with Crippen LogP contribution in [-0.2, 0) is 0 Å². The second-order valence-corrected chi connectivity index (χ2v) is 5.75. The van der Waals surface area contributed by atoms with Crippen molar-refractivity contribution in [2.75, 3.05) is 0 Å². The monoisotopic (exact) mass is 350 g/mol. The summed E-state index contributed by atoms with van der Waals surface area (Å²) >= 11 is 2.20. The Hall–Kier alpha value is -1.16. The lowest BCUT2D eigenvalue weighted by Crippen LogP contribution is -2.03. The van der Waals surface area contributed by atoms with Crippen molar-refractivity contribution in [3.8, 4) is 0 Å². The van der Waals surface area contributed by atoms with E-state index in [0.29, 0.717) is 5.92 Å². The molecule has 0 aliphatic heterocycles. The highest BCUT2D eigenvalue weighted by Crippen LogP contribution is 2.19. The van der Waals surface area contributed by atoms with Crippen molar-refractivity contribution in [2.45, 2.75) is 19.8 Å². The first-order chi connectivity index (χ1) is 8.59. The van der Waals surface area contributed by atoms with Crippen LogP contribution in [0.15, 0.2) is 48.5 Å². The molecule has 0 bridgehead atoms. The largest absolute Gasteiger partial charge is 0.289 e. The summed E-state index contributed by atoms with van der Waals surface area (Å²) in [7, 11) is 0. The van der Waals surface area contributed by atoms with Crippen molar-refractivity contribution in [3.05, 3.63) is 68.8 Å². The van der Waals surface area contributed by atoms with Gasteiger partial charge in [-0.2, -0.15) is 0 Å². The van der Waals surface area contributed by atoms with Gasteiger partial charge >= 0.3 is 0 Å². The first-order valence-electron chi connectivity index (χ1n) is 5.99. The van der Waals surface area contributed by atoms with Gasteiger partial charge in [0.15, 0.2) is 5.78 Å². The molecule has 1 nitrogen and oxygen atoms in total. The molecular weight excluding hydrogens is 335 g/mol. The van der Waals surface area contributed by atoms with Crippen LogP contribution >= 0.6 is 22.6 Å². The Bertz CT molecular complexity index is 556. The Morgan fingerprint density at radius 2 is 1.61 bits per heavy atom. The molecular formula is C16H15IO. The molecule has 0 saturated heterocycles. The second-order valence-electron chi connectivity index (χ2n) is 4.59. The molecule has 2 rings (SSSR count). The van der Waals surface area contributed by atoms with E-state index in [1.165, 1.54) is 5.56 Å². The first-order valence-corrected chi connectivity index (χ1v) is 7.06. The van der Waals surface area contributed by atoms with Crippen molar-refractivity contribution in [3.63, 3.8) is 0 Å². The van der Waals surface area contributed by atoms with Crippen molar-refractivity contribution in [2.24, 2.45) is 0 Å². The van der Waals surface area contributed by atoms with Gasteiger partial charge in [0, 0.05) is 14.7 Å². The summed E-state index contributed by atoms with van der Waals surface area (Å²) in [5.41, 5.74) is 2.79. The third-order valence-electron chi connectivity index (χ3n) is 2.96. The molecule has 2 aromatic rings. The van der Waals surface area contributed by atoms with Gasteiger partial charge in [0.2, 0.25) is 0 Å². The van der Waals surface area contributed by atoms with Crippen molar-refractivity contribution < 1.29 is 4.79 Å². The summed E-state index contributed by atoms with van der Waals surface area (Å²) in [4.78, 5) is 12.3. The average Bonchev–Trinajstić information content (AvgIpc) is 2.38. The molecule has 2 aromatic carbocycles.